The van der Waals surface area contributed by atoms with Crippen LogP contribution >= 0.6 is 11.3 Å². The molecule has 0 saturated heterocycles. The number of aromatic nitrogens is 3. The molecule has 2 aromatic heterocycles. The van der Waals surface area contributed by atoms with Crippen LogP contribution in [-0.2, 0) is 0 Å². The average Bonchev–Trinajstić information content (AvgIpc) is 2.55. The van der Waals surface area contributed by atoms with Crippen molar-refractivity contribution in [2.75, 3.05) is 0 Å². The van der Waals surface area contributed by atoms with Gasteiger partial charge in [0.1, 0.15) is 5.69 Å². The first-order chi connectivity index (χ1) is 5.38. The van der Waals surface area contributed by atoms with Gasteiger partial charge in [-0.3, -0.25) is 0 Å². The van der Waals surface area contributed by atoms with E-state index in [1.54, 1.807) is 11.3 Å². The zero-order chi connectivity index (χ0) is 7.68. The van der Waals surface area contributed by atoms with Crippen LogP contribution < -0.4 is 0 Å². The topological polar surface area (TPSA) is 41.6 Å². The van der Waals surface area contributed by atoms with E-state index in [1.165, 1.54) is 0 Å². The standard InChI is InChI=1S/C7H7N3S/c1-5-7(9-10-8-5)6-2-3-11-4-6/h2-4H,1H3,(H,8,9,10). The van der Waals surface area contributed by atoms with Crippen LogP contribution in [0.2, 0.25) is 0 Å². The Morgan fingerprint density at radius 2 is 2.36 bits per heavy atom. The predicted molar refractivity (Wildman–Crippen MR) is 44.4 cm³/mol. The van der Waals surface area contributed by atoms with Crippen LogP contribution in [0.1, 0.15) is 5.69 Å². The van der Waals surface area contributed by atoms with Crippen molar-refractivity contribution in [3.05, 3.63) is 22.5 Å². The largest absolute Gasteiger partial charge is 0.197 e. The van der Waals surface area contributed by atoms with E-state index in [4.69, 9.17) is 0 Å². The zero-order valence-electron chi connectivity index (χ0n) is 6.03. The lowest BCUT2D eigenvalue weighted by Crippen LogP contribution is -1.76. The third-order valence-corrected chi connectivity index (χ3v) is 2.20. The van der Waals surface area contributed by atoms with E-state index in [-0.39, 0.29) is 0 Å². The van der Waals surface area contributed by atoms with E-state index < -0.39 is 0 Å². The third kappa shape index (κ3) is 1.05. The zero-order valence-corrected chi connectivity index (χ0v) is 6.85. The van der Waals surface area contributed by atoms with Crippen LogP contribution in [0, 0.1) is 6.92 Å². The van der Waals surface area contributed by atoms with Crippen LogP contribution in [0.5, 0.6) is 0 Å². The van der Waals surface area contributed by atoms with Crippen LogP contribution in [0.25, 0.3) is 11.3 Å². The lowest BCUT2D eigenvalue weighted by molar-refractivity contribution is 0.929. The lowest BCUT2D eigenvalue weighted by Gasteiger charge is -1.87. The molecule has 2 rings (SSSR count). The minimum Gasteiger partial charge on any atom is -0.197 e. The summed E-state index contributed by atoms with van der Waals surface area (Å²) in [6.07, 6.45) is 0. The monoisotopic (exact) mass is 165 g/mol. The fraction of sp³-hybridized carbons (Fsp3) is 0.143. The summed E-state index contributed by atoms with van der Waals surface area (Å²) in [5.41, 5.74) is 3.04. The second-order valence-electron chi connectivity index (χ2n) is 2.27. The van der Waals surface area contributed by atoms with Gasteiger partial charge in [0, 0.05) is 10.9 Å². The van der Waals surface area contributed by atoms with Gasteiger partial charge < -0.3 is 0 Å². The fourth-order valence-corrected chi connectivity index (χ4v) is 1.60. The van der Waals surface area contributed by atoms with Gasteiger partial charge in [-0.2, -0.15) is 26.7 Å². The molecule has 0 amide bonds. The number of H-pyrrole nitrogens is 1. The summed E-state index contributed by atoms with van der Waals surface area (Å²) < 4.78 is 0. The third-order valence-electron chi connectivity index (χ3n) is 1.52. The molecule has 0 saturated carbocycles. The van der Waals surface area contributed by atoms with Gasteiger partial charge in [0.15, 0.2) is 0 Å². The summed E-state index contributed by atoms with van der Waals surface area (Å²) in [7, 11) is 0. The first kappa shape index (κ1) is 6.54. The number of hydrogen-bond donors (Lipinski definition) is 1. The minimum atomic E-state index is 0.948. The van der Waals surface area contributed by atoms with E-state index in [2.05, 4.69) is 20.8 Å². The van der Waals surface area contributed by atoms with E-state index >= 15 is 0 Å². The van der Waals surface area contributed by atoms with Crippen molar-refractivity contribution in [1.82, 2.24) is 15.4 Å². The number of rotatable bonds is 1. The highest BCUT2D eigenvalue weighted by molar-refractivity contribution is 7.08. The summed E-state index contributed by atoms with van der Waals surface area (Å²) in [4.78, 5) is 0. The molecule has 2 aromatic rings. The SMILES string of the molecule is Cc1n[nH]nc1-c1ccsc1. The van der Waals surface area contributed by atoms with Gasteiger partial charge >= 0.3 is 0 Å². The Hall–Kier alpha value is -1.16. The number of aromatic amines is 1. The summed E-state index contributed by atoms with van der Waals surface area (Å²) in [5, 5.41) is 14.7. The Kier molecular flexibility index (Phi) is 1.47. The molecule has 0 unspecified atom stereocenters. The predicted octanol–water partition coefficient (Wildman–Crippen LogP) is 1.84. The minimum absolute atomic E-state index is 0.948. The first-order valence-electron chi connectivity index (χ1n) is 3.28. The Balaban J connectivity index is 2.53. The molecule has 0 spiro atoms. The van der Waals surface area contributed by atoms with Crippen LogP contribution in [-0.4, -0.2) is 15.4 Å². The molecule has 0 aliphatic rings. The van der Waals surface area contributed by atoms with Crippen molar-refractivity contribution in [2.45, 2.75) is 6.92 Å². The molecule has 0 aromatic carbocycles. The molecule has 4 heteroatoms. The number of thiophene rings is 1. The van der Waals surface area contributed by atoms with Gasteiger partial charge in [-0.25, -0.2) is 0 Å². The molecule has 0 bridgehead atoms. The molecule has 0 radical (unpaired) electrons. The molecular weight excluding hydrogens is 158 g/mol. The highest BCUT2D eigenvalue weighted by Crippen LogP contribution is 2.20. The number of aryl methyl sites for hydroxylation is 1. The molecule has 2 heterocycles. The Labute approximate surface area is 68.1 Å². The Bertz CT molecular complexity index is 336. The van der Waals surface area contributed by atoms with E-state index in [1.807, 2.05) is 18.4 Å². The van der Waals surface area contributed by atoms with Crippen LogP contribution in [0.3, 0.4) is 0 Å². The maximum Gasteiger partial charge on any atom is 0.116 e. The second kappa shape index (κ2) is 2.47. The molecule has 0 atom stereocenters. The van der Waals surface area contributed by atoms with Gasteiger partial charge in [-0.05, 0) is 18.4 Å². The normalized spacial score (nSPS) is 10.3. The summed E-state index contributed by atoms with van der Waals surface area (Å²) in [6, 6.07) is 2.04. The van der Waals surface area contributed by atoms with Crippen molar-refractivity contribution < 1.29 is 0 Å². The van der Waals surface area contributed by atoms with E-state index in [0.29, 0.717) is 0 Å². The Morgan fingerprint density at radius 3 is 2.91 bits per heavy atom. The van der Waals surface area contributed by atoms with Crippen molar-refractivity contribution >= 4 is 11.3 Å². The maximum absolute atomic E-state index is 4.03. The Morgan fingerprint density at radius 1 is 1.45 bits per heavy atom. The van der Waals surface area contributed by atoms with Gasteiger partial charge in [0.2, 0.25) is 0 Å². The number of nitrogens with one attached hydrogen (secondary N) is 1. The molecule has 0 fully saturated rings. The van der Waals surface area contributed by atoms with Gasteiger partial charge in [-0.15, -0.1) is 0 Å². The number of nitrogens with zero attached hydrogens (tertiary/aromatic N) is 2. The van der Waals surface area contributed by atoms with Crippen LogP contribution in [0.15, 0.2) is 16.8 Å². The highest BCUT2D eigenvalue weighted by atomic mass is 32.1. The molecule has 56 valence electrons. The van der Waals surface area contributed by atoms with Gasteiger partial charge in [0.05, 0.1) is 5.69 Å². The fourth-order valence-electron chi connectivity index (χ4n) is 0.956. The van der Waals surface area contributed by atoms with Crippen LogP contribution in [0.4, 0.5) is 0 Å². The second-order valence-corrected chi connectivity index (χ2v) is 3.05. The lowest BCUT2D eigenvalue weighted by atomic mass is 10.2. The van der Waals surface area contributed by atoms with Gasteiger partial charge in [-0.1, -0.05) is 0 Å². The summed E-state index contributed by atoms with van der Waals surface area (Å²) in [5.74, 6) is 0. The smallest absolute Gasteiger partial charge is 0.116 e. The van der Waals surface area contributed by atoms with Crippen molar-refractivity contribution in [3.63, 3.8) is 0 Å². The molecule has 11 heavy (non-hydrogen) atoms. The molecule has 0 aliphatic heterocycles. The molecule has 0 aliphatic carbocycles. The maximum atomic E-state index is 4.03. The van der Waals surface area contributed by atoms with Crippen molar-refractivity contribution in [3.8, 4) is 11.3 Å². The first-order valence-corrected chi connectivity index (χ1v) is 4.22. The van der Waals surface area contributed by atoms with Crippen molar-refractivity contribution in [2.24, 2.45) is 0 Å². The summed E-state index contributed by atoms with van der Waals surface area (Å²) >= 11 is 1.66. The van der Waals surface area contributed by atoms with Gasteiger partial charge in [0.25, 0.3) is 0 Å². The van der Waals surface area contributed by atoms with E-state index in [0.717, 1.165) is 17.0 Å². The van der Waals surface area contributed by atoms with E-state index in [9.17, 15) is 0 Å². The molecule has 3 nitrogen and oxygen atoms in total. The summed E-state index contributed by atoms with van der Waals surface area (Å²) in [6.45, 7) is 1.94. The average molecular weight is 165 g/mol. The van der Waals surface area contributed by atoms with Crippen molar-refractivity contribution in [1.29, 1.82) is 0 Å². The molecular formula is C7H7N3S. The number of hydrogen-bond acceptors (Lipinski definition) is 3. The quantitative estimate of drug-likeness (QED) is 0.700. The molecule has 1 N–H and O–H groups in total. The highest BCUT2D eigenvalue weighted by Gasteiger charge is 2.04.